The van der Waals surface area contributed by atoms with E-state index in [0.29, 0.717) is 0 Å². The van der Waals surface area contributed by atoms with E-state index in [-0.39, 0.29) is 0 Å². The van der Waals surface area contributed by atoms with Crippen LogP contribution in [0.3, 0.4) is 0 Å². The van der Waals surface area contributed by atoms with Gasteiger partial charge in [-0.1, -0.05) is 0 Å². The highest BCUT2D eigenvalue weighted by Crippen LogP contribution is 2.40. The second-order valence-electron chi connectivity index (χ2n) is 5.09. The molecule has 0 spiro atoms. The predicted molar refractivity (Wildman–Crippen MR) is 81.2 cm³/mol. The number of nitrogens with one attached hydrogen (secondary N) is 1. The largest absolute Gasteiger partial charge is 0.372 e. The van der Waals surface area contributed by atoms with Gasteiger partial charge in [-0.2, -0.15) is 5.10 Å². The second-order valence-corrected chi connectivity index (χ2v) is 6.17. The van der Waals surface area contributed by atoms with Gasteiger partial charge in [-0.15, -0.1) is 11.3 Å². The lowest BCUT2D eigenvalue weighted by Crippen LogP contribution is -1.98. The molecule has 1 aliphatic rings. The Kier molecular flexibility index (Phi) is 2.53. The monoisotopic (exact) mass is 285 g/mol. The molecule has 3 aromatic rings. The van der Waals surface area contributed by atoms with Crippen LogP contribution in [0.1, 0.15) is 16.9 Å². The van der Waals surface area contributed by atoms with Gasteiger partial charge < -0.3 is 5.32 Å². The number of thiophene rings is 1. The number of anilines is 1. The molecule has 0 amide bonds. The fourth-order valence-corrected chi connectivity index (χ4v) is 4.10. The summed E-state index contributed by atoms with van der Waals surface area (Å²) in [6.07, 6.45) is 7.34. The summed E-state index contributed by atoms with van der Waals surface area (Å²) in [5.41, 5.74) is 2.41. The molecule has 0 radical (unpaired) electrons. The van der Waals surface area contributed by atoms with Gasteiger partial charge in [0, 0.05) is 25.2 Å². The molecule has 0 aliphatic heterocycles. The highest BCUT2D eigenvalue weighted by atomic mass is 32.1. The predicted octanol–water partition coefficient (Wildman–Crippen LogP) is 2.62. The summed E-state index contributed by atoms with van der Waals surface area (Å²) in [6.45, 7) is 0. The van der Waals surface area contributed by atoms with Gasteiger partial charge in [0.25, 0.3) is 0 Å². The number of nitrogens with zero attached hydrogens (tertiary/aromatic N) is 4. The molecular weight excluding hydrogens is 270 g/mol. The van der Waals surface area contributed by atoms with Crippen molar-refractivity contribution in [2.24, 2.45) is 7.05 Å². The van der Waals surface area contributed by atoms with E-state index in [1.54, 1.807) is 4.68 Å². The van der Waals surface area contributed by atoms with Crippen LogP contribution in [0.2, 0.25) is 0 Å². The minimum Gasteiger partial charge on any atom is -0.372 e. The Morgan fingerprint density at radius 3 is 2.95 bits per heavy atom. The molecule has 0 bridgehead atoms. The smallest absolute Gasteiger partial charge is 0.166 e. The van der Waals surface area contributed by atoms with Gasteiger partial charge in [0.05, 0.1) is 17.1 Å². The molecule has 0 aromatic carbocycles. The first kappa shape index (κ1) is 11.8. The van der Waals surface area contributed by atoms with E-state index in [4.69, 9.17) is 4.98 Å². The van der Waals surface area contributed by atoms with E-state index >= 15 is 0 Å². The van der Waals surface area contributed by atoms with Crippen LogP contribution in [0.4, 0.5) is 5.82 Å². The van der Waals surface area contributed by atoms with E-state index in [0.717, 1.165) is 28.5 Å². The standard InChI is InChI=1S/C14H15N5S/c1-15-13-11-9-4-3-5-10(9)20-14(11)18-12(17-13)8-6-16-19(2)7-8/h6-7H,3-5H2,1-2H3,(H,15,17,18). The van der Waals surface area contributed by atoms with Gasteiger partial charge in [0.15, 0.2) is 5.82 Å². The number of hydrogen-bond donors (Lipinski definition) is 1. The maximum Gasteiger partial charge on any atom is 0.166 e. The third kappa shape index (κ3) is 1.64. The molecule has 5 nitrogen and oxygen atoms in total. The summed E-state index contributed by atoms with van der Waals surface area (Å²) in [5, 5.41) is 8.65. The van der Waals surface area contributed by atoms with Crippen LogP contribution in [-0.4, -0.2) is 26.8 Å². The van der Waals surface area contributed by atoms with Gasteiger partial charge in [0.2, 0.25) is 0 Å². The van der Waals surface area contributed by atoms with Crippen molar-refractivity contribution in [3.63, 3.8) is 0 Å². The summed E-state index contributed by atoms with van der Waals surface area (Å²) < 4.78 is 1.77. The highest BCUT2D eigenvalue weighted by Gasteiger charge is 2.22. The molecule has 0 saturated heterocycles. The Labute approximate surface area is 120 Å². The van der Waals surface area contributed by atoms with Crippen LogP contribution in [-0.2, 0) is 19.9 Å². The van der Waals surface area contributed by atoms with E-state index in [2.05, 4.69) is 15.4 Å². The summed E-state index contributed by atoms with van der Waals surface area (Å²) >= 11 is 1.81. The minimum atomic E-state index is 0.745. The number of aromatic nitrogens is 4. The van der Waals surface area contributed by atoms with Crippen LogP contribution in [0, 0.1) is 0 Å². The van der Waals surface area contributed by atoms with Crippen LogP contribution in [0.15, 0.2) is 12.4 Å². The summed E-state index contributed by atoms with van der Waals surface area (Å²) in [6, 6.07) is 0. The molecule has 102 valence electrons. The van der Waals surface area contributed by atoms with Crippen LogP contribution >= 0.6 is 11.3 Å². The zero-order chi connectivity index (χ0) is 13.7. The van der Waals surface area contributed by atoms with E-state index in [1.807, 2.05) is 37.8 Å². The van der Waals surface area contributed by atoms with Crippen LogP contribution < -0.4 is 5.32 Å². The molecule has 3 aromatic heterocycles. The van der Waals surface area contributed by atoms with Gasteiger partial charge >= 0.3 is 0 Å². The Morgan fingerprint density at radius 2 is 2.20 bits per heavy atom. The summed E-state index contributed by atoms with van der Waals surface area (Å²) in [5.74, 6) is 1.68. The lowest BCUT2D eigenvalue weighted by Gasteiger charge is -2.05. The first-order valence-corrected chi connectivity index (χ1v) is 7.57. The quantitative estimate of drug-likeness (QED) is 0.786. The fourth-order valence-electron chi connectivity index (χ4n) is 2.84. The third-order valence-electron chi connectivity index (χ3n) is 3.76. The maximum atomic E-state index is 4.74. The lowest BCUT2D eigenvalue weighted by atomic mass is 10.2. The van der Waals surface area contributed by atoms with Gasteiger partial charge in [0.1, 0.15) is 10.6 Å². The maximum absolute atomic E-state index is 4.74. The molecule has 0 atom stereocenters. The molecule has 6 heteroatoms. The Morgan fingerprint density at radius 1 is 1.30 bits per heavy atom. The van der Waals surface area contributed by atoms with E-state index < -0.39 is 0 Å². The topological polar surface area (TPSA) is 55.6 Å². The molecule has 3 heterocycles. The van der Waals surface area contributed by atoms with Crippen LogP contribution in [0.25, 0.3) is 21.6 Å². The SMILES string of the molecule is CNc1nc(-c2cnn(C)c2)nc2sc3c(c12)CCC3. The van der Waals surface area contributed by atoms with Crippen molar-refractivity contribution in [2.45, 2.75) is 19.3 Å². The molecular formula is C14H15N5S. The summed E-state index contributed by atoms with van der Waals surface area (Å²) in [7, 11) is 3.83. The van der Waals surface area contributed by atoms with Gasteiger partial charge in [-0.05, 0) is 24.8 Å². The number of aryl methyl sites for hydroxylation is 3. The fraction of sp³-hybridized carbons (Fsp3) is 0.357. The lowest BCUT2D eigenvalue weighted by molar-refractivity contribution is 0.768. The molecule has 1 aliphatic carbocycles. The normalized spacial score (nSPS) is 13.9. The van der Waals surface area contributed by atoms with Crippen molar-refractivity contribution in [3.05, 3.63) is 22.8 Å². The first-order valence-electron chi connectivity index (χ1n) is 6.75. The van der Waals surface area contributed by atoms with Crippen molar-refractivity contribution in [1.82, 2.24) is 19.7 Å². The van der Waals surface area contributed by atoms with Crippen LogP contribution in [0.5, 0.6) is 0 Å². The van der Waals surface area contributed by atoms with Crippen molar-refractivity contribution in [1.29, 1.82) is 0 Å². The number of rotatable bonds is 2. The third-order valence-corrected chi connectivity index (χ3v) is 4.95. The van der Waals surface area contributed by atoms with Gasteiger partial charge in [-0.25, -0.2) is 9.97 Å². The average molecular weight is 285 g/mol. The molecule has 0 fully saturated rings. The highest BCUT2D eigenvalue weighted by molar-refractivity contribution is 7.19. The van der Waals surface area contributed by atoms with E-state index in [1.165, 1.54) is 28.7 Å². The minimum absolute atomic E-state index is 0.745. The average Bonchev–Trinajstić information content (AvgIpc) is 3.12. The number of hydrogen-bond acceptors (Lipinski definition) is 5. The summed E-state index contributed by atoms with van der Waals surface area (Å²) in [4.78, 5) is 12.0. The zero-order valence-electron chi connectivity index (χ0n) is 11.5. The molecule has 1 N–H and O–H groups in total. The van der Waals surface area contributed by atoms with Crippen molar-refractivity contribution in [2.75, 3.05) is 12.4 Å². The van der Waals surface area contributed by atoms with Crippen molar-refractivity contribution < 1.29 is 0 Å². The Bertz CT molecular complexity index is 801. The Hall–Kier alpha value is -1.95. The van der Waals surface area contributed by atoms with E-state index in [9.17, 15) is 0 Å². The second kappa shape index (κ2) is 4.28. The van der Waals surface area contributed by atoms with Crippen molar-refractivity contribution >= 4 is 27.4 Å². The molecule has 0 unspecified atom stereocenters. The molecule has 0 saturated carbocycles. The van der Waals surface area contributed by atoms with Crippen molar-refractivity contribution in [3.8, 4) is 11.4 Å². The number of fused-ring (bicyclic) bond motifs is 3. The first-order chi connectivity index (χ1) is 9.76. The van der Waals surface area contributed by atoms with Gasteiger partial charge in [-0.3, -0.25) is 4.68 Å². The Balaban J connectivity index is 1.97. The molecule has 4 rings (SSSR count). The zero-order valence-corrected chi connectivity index (χ0v) is 12.3. The molecule has 20 heavy (non-hydrogen) atoms.